The molecule has 2 rings (SSSR count). The van der Waals surface area contributed by atoms with Crippen molar-refractivity contribution >= 4 is 33.2 Å². The van der Waals surface area contributed by atoms with Gasteiger partial charge in [0.2, 0.25) is 5.91 Å². The summed E-state index contributed by atoms with van der Waals surface area (Å²) in [6, 6.07) is 12.9. The van der Waals surface area contributed by atoms with Crippen LogP contribution in [-0.2, 0) is 14.8 Å². The van der Waals surface area contributed by atoms with Crippen LogP contribution in [0.4, 0.5) is 5.69 Å². The Morgan fingerprint density at radius 3 is 2.42 bits per heavy atom. The Morgan fingerprint density at radius 2 is 1.85 bits per heavy atom. The molecule has 0 saturated heterocycles. The summed E-state index contributed by atoms with van der Waals surface area (Å²) in [6.45, 7) is 5.41. The second-order valence-electron chi connectivity index (χ2n) is 6.18. The average Bonchev–Trinajstić information content (AvgIpc) is 2.59. The van der Waals surface area contributed by atoms with Crippen LogP contribution in [0, 0.1) is 6.92 Å². The Balaban J connectivity index is 2.42. The van der Waals surface area contributed by atoms with Gasteiger partial charge in [-0.05, 0) is 62.2 Å². The molecule has 5 nitrogen and oxygen atoms in total. The predicted octanol–water partition coefficient (Wildman–Crippen LogP) is 3.76. The van der Waals surface area contributed by atoms with Crippen molar-refractivity contribution in [3.63, 3.8) is 0 Å². The molecule has 7 heteroatoms. The van der Waals surface area contributed by atoms with Crippen LogP contribution in [0.15, 0.2) is 53.4 Å². The van der Waals surface area contributed by atoms with Gasteiger partial charge in [0.25, 0.3) is 10.0 Å². The summed E-state index contributed by atoms with van der Waals surface area (Å²) in [6.07, 6.45) is 0.764. The van der Waals surface area contributed by atoms with Gasteiger partial charge in [0, 0.05) is 11.1 Å². The van der Waals surface area contributed by atoms with E-state index in [1.807, 2.05) is 26.8 Å². The fraction of sp³-hybridized carbons (Fsp3) is 0.316. The molecule has 140 valence electrons. The highest BCUT2D eigenvalue weighted by Crippen LogP contribution is 2.25. The van der Waals surface area contributed by atoms with E-state index >= 15 is 0 Å². The van der Waals surface area contributed by atoms with Crippen LogP contribution >= 0.6 is 11.6 Å². The van der Waals surface area contributed by atoms with Crippen molar-refractivity contribution in [1.82, 2.24) is 5.32 Å². The van der Waals surface area contributed by atoms with Crippen molar-refractivity contribution in [3.05, 3.63) is 59.1 Å². The largest absolute Gasteiger partial charge is 0.352 e. The zero-order valence-corrected chi connectivity index (χ0v) is 16.6. The molecule has 0 aliphatic rings. The zero-order valence-electron chi connectivity index (χ0n) is 15.1. The van der Waals surface area contributed by atoms with E-state index in [-0.39, 0.29) is 23.4 Å². The van der Waals surface area contributed by atoms with Crippen molar-refractivity contribution in [2.75, 3.05) is 10.8 Å². The van der Waals surface area contributed by atoms with Crippen molar-refractivity contribution in [3.8, 4) is 0 Å². The molecule has 0 aliphatic heterocycles. The number of halogens is 1. The molecule has 0 bridgehead atoms. The van der Waals surface area contributed by atoms with Gasteiger partial charge in [-0.25, -0.2) is 8.42 Å². The van der Waals surface area contributed by atoms with Gasteiger partial charge in [-0.15, -0.1) is 0 Å². The number of sulfonamides is 1. The summed E-state index contributed by atoms with van der Waals surface area (Å²) in [5.41, 5.74) is 1.35. The molecule has 1 amide bonds. The van der Waals surface area contributed by atoms with Crippen LogP contribution in [0.2, 0.25) is 5.02 Å². The quantitative estimate of drug-likeness (QED) is 0.777. The maximum Gasteiger partial charge on any atom is 0.264 e. The third kappa shape index (κ3) is 4.99. The number of benzene rings is 2. The number of amides is 1. The van der Waals surface area contributed by atoms with Gasteiger partial charge in [-0.1, -0.05) is 30.7 Å². The minimum Gasteiger partial charge on any atom is -0.352 e. The maximum absolute atomic E-state index is 13.1. The summed E-state index contributed by atoms with van der Waals surface area (Å²) >= 11 is 5.86. The fourth-order valence-corrected chi connectivity index (χ4v) is 3.92. The maximum atomic E-state index is 13.1. The highest BCUT2D eigenvalue weighted by molar-refractivity contribution is 7.92. The fourth-order valence-electron chi connectivity index (χ4n) is 2.38. The minimum atomic E-state index is -3.91. The Morgan fingerprint density at radius 1 is 1.19 bits per heavy atom. The van der Waals surface area contributed by atoms with E-state index in [1.54, 1.807) is 18.2 Å². The van der Waals surface area contributed by atoms with Crippen molar-refractivity contribution < 1.29 is 13.2 Å². The molecule has 0 spiro atoms. The molecular formula is C19H23ClN2O3S. The van der Waals surface area contributed by atoms with Crippen molar-refractivity contribution in [1.29, 1.82) is 0 Å². The summed E-state index contributed by atoms with van der Waals surface area (Å²) in [5.74, 6) is -0.349. The van der Waals surface area contributed by atoms with Gasteiger partial charge in [-0.3, -0.25) is 9.10 Å². The van der Waals surface area contributed by atoms with Crippen molar-refractivity contribution in [2.24, 2.45) is 0 Å². The lowest BCUT2D eigenvalue weighted by atomic mass is 10.2. The molecular weight excluding hydrogens is 372 g/mol. The third-order valence-corrected chi connectivity index (χ3v) is 6.04. The van der Waals surface area contributed by atoms with Crippen LogP contribution in [0.1, 0.15) is 25.8 Å². The standard InChI is InChI=1S/C19H23ClN2O3S/c1-4-15(3)21-19(23)13-22(17-7-5-6-14(2)12-17)26(24,25)18-10-8-16(20)9-11-18/h5-12,15H,4,13H2,1-3H3,(H,21,23)/t15-/m0/s1. The molecule has 0 aromatic heterocycles. The first-order valence-corrected chi connectivity index (χ1v) is 10.2. The molecule has 0 aliphatic carbocycles. The van der Waals surface area contributed by atoms with Gasteiger partial charge in [0.05, 0.1) is 10.6 Å². The molecule has 0 saturated carbocycles. The molecule has 0 radical (unpaired) electrons. The first-order chi connectivity index (χ1) is 12.2. The van der Waals surface area contributed by atoms with Gasteiger partial charge in [-0.2, -0.15) is 0 Å². The minimum absolute atomic E-state index is 0.0277. The smallest absolute Gasteiger partial charge is 0.264 e. The molecule has 0 fully saturated rings. The Kier molecular flexibility index (Phi) is 6.67. The number of nitrogens with one attached hydrogen (secondary N) is 1. The van der Waals surface area contributed by atoms with Gasteiger partial charge >= 0.3 is 0 Å². The molecule has 0 unspecified atom stereocenters. The van der Waals surface area contributed by atoms with Crippen LogP contribution in [-0.4, -0.2) is 26.9 Å². The van der Waals surface area contributed by atoms with Gasteiger partial charge in [0.15, 0.2) is 0 Å². The third-order valence-electron chi connectivity index (χ3n) is 4.00. The SMILES string of the molecule is CC[C@H](C)NC(=O)CN(c1cccc(C)c1)S(=O)(=O)c1ccc(Cl)cc1. The van der Waals surface area contributed by atoms with Crippen LogP contribution in [0.25, 0.3) is 0 Å². The molecule has 2 aromatic carbocycles. The molecule has 26 heavy (non-hydrogen) atoms. The molecule has 0 heterocycles. The van der Waals surface area contributed by atoms with E-state index in [0.717, 1.165) is 16.3 Å². The summed E-state index contributed by atoms with van der Waals surface area (Å²) in [5, 5.41) is 3.26. The van der Waals surface area contributed by atoms with E-state index in [1.165, 1.54) is 24.3 Å². The lowest BCUT2D eigenvalue weighted by Gasteiger charge is -2.25. The average molecular weight is 395 g/mol. The number of aryl methyl sites for hydroxylation is 1. The Bertz CT molecular complexity index is 867. The number of rotatable bonds is 7. The van der Waals surface area contributed by atoms with Gasteiger partial charge in [0.1, 0.15) is 6.54 Å². The summed E-state index contributed by atoms with van der Waals surface area (Å²) in [7, 11) is -3.91. The van der Waals surface area contributed by atoms with Crippen LogP contribution in [0.3, 0.4) is 0 Å². The second-order valence-corrected chi connectivity index (χ2v) is 8.48. The first-order valence-electron chi connectivity index (χ1n) is 8.38. The number of nitrogens with zero attached hydrogens (tertiary/aromatic N) is 1. The lowest BCUT2D eigenvalue weighted by Crippen LogP contribution is -2.43. The summed E-state index contributed by atoms with van der Waals surface area (Å²) < 4.78 is 27.4. The topological polar surface area (TPSA) is 66.5 Å². The van der Waals surface area contributed by atoms with Crippen molar-refractivity contribution in [2.45, 2.75) is 38.1 Å². The molecule has 1 N–H and O–H groups in total. The predicted molar refractivity (Wildman–Crippen MR) is 105 cm³/mol. The Hall–Kier alpha value is -2.05. The number of anilines is 1. The van der Waals surface area contributed by atoms with E-state index in [2.05, 4.69) is 5.32 Å². The number of carbonyl (C=O) groups excluding carboxylic acids is 1. The summed E-state index contributed by atoms with van der Waals surface area (Å²) in [4.78, 5) is 12.5. The van der Waals surface area contributed by atoms with Crippen LogP contribution < -0.4 is 9.62 Å². The number of carbonyl (C=O) groups is 1. The van der Waals surface area contributed by atoms with E-state index < -0.39 is 10.0 Å². The number of hydrogen-bond donors (Lipinski definition) is 1. The Labute approximate surface area is 160 Å². The lowest BCUT2D eigenvalue weighted by molar-refractivity contribution is -0.120. The highest BCUT2D eigenvalue weighted by Gasteiger charge is 2.27. The second kappa shape index (κ2) is 8.56. The van der Waals surface area contributed by atoms with E-state index in [9.17, 15) is 13.2 Å². The monoisotopic (exact) mass is 394 g/mol. The normalized spacial score (nSPS) is 12.5. The van der Waals surface area contributed by atoms with Crippen LogP contribution in [0.5, 0.6) is 0 Å². The van der Waals surface area contributed by atoms with E-state index in [4.69, 9.17) is 11.6 Å². The first kappa shape index (κ1) is 20.3. The van der Waals surface area contributed by atoms with Gasteiger partial charge < -0.3 is 5.32 Å². The molecule has 1 atom stereocenters. The van der Waals surface area contributed by atoms with E-state index in [0.29, 0.717) is 10.7 Å². The zero-order chi connectivity index (χ0) is 19.3. The number of hydrogen-bond acceptors (Lipinski definition) is 3. The highest BCUT2D eigenvalue weighted by atomic mass is 35.5. The molecule has 2 aromatic rings.